The van der Waals surface area contributed by atoms with Gasteiger partial charge in [-0.15, -0.1) is 0 Å². The first kappa shape index (κ1) is 9.21. The van der Waals surface area contributed by atoms with Crippen LogP contribution in [0.2, 0.25) is 0 Å². The van der Waals surface area contributed by atoms with Crippen LogP contribution in [-0.4, -0.2) is 12.6 Å². The SMILES string of the molecule is CC(=O)c1cc(C)c2c(c1)COCO2. The Kier molecular flexibility index (Phi) is 2.25. The van der Waals surface area contributed by atoms with Crippen LogP contribution in [-0.2, 0) is 11.3 Å². The number of hydrogen-bond donors (Lipinski definition) is 0. The molecule has 0 radical (unpaired) electrons. The molecule has 1 aliphatic rings. The van der Waals surface area contributed by atoms with E-state index in [1.165, 1.54) is 0 Å². The molecule has 0 aliphatic carbocycles. The first-order chi connectivity index (χ1) is 6.68. The number of aryl methyl sites for hydroxylation is 1. The van der Waals surface area contributed by atoms with Gasteiger partial charge in [0.15, 0.2) is 12.6 Å². The van der Waals surface area contributed by atoms with E-state index in [4.69, 9.17) is 9.47 Å². The highest BCUT2D eigenvalue weighted by molar-refractivity contribution is 5.94. The number of ether oxygens (including phenoxy) is 2. The molecule has 0 atom stereocenters. The molecule has 1 aromatic rings. The van der Waals surface area contributed by atoms with Crippen LogP contribution in [0.5, 0.6) is 5.75 Å². The third-order valence-electron chi connectivity index (χ3n) is 2.30. The molecule has 3 nitrogen and oxygen atoms in total. The van der Waals surface area contributed by atoms with Gasteiger partial charge in [-0.2, -0.15) is 0 Å². The van der Waals surface area contributed by atoms with Crippen molar-refractivity contribution in [2.24, 2.45) is 0 Å². The third kappa shape index (κ3) is 1.51. The normalized spacial score (nSPS) is 14.4. The summed E-state index contributed by atoms with van der Waals surface area (Å²) in [5, 5.41) is 0. The van der Waals surface area contributed by atoms with E-state index in [0.717, 1.165) is 22.4 Å². The monoisotopic (exact) mass is 192 g/mol. The maximum atomic E-state index is 11.2. The highest BCUT2D eigenvalue weighted by Gasteiger charge is 2.15. The van der Waals surface area contributed by atoms with Gasteiger partial charge in [-0.05, 0) is 31.5 Å². The molecule has 1 heterocycles. The molecule has 0 bridgehead atoms. The van der Waals surface area contributed by atoms with E-state index < -0.39 is 0 Å². The lowest BCUT2D eigenvalue weighted by Gasteiger charge is -2.20. The summed E-state index contributed by atoms with van der Waals surface area (Å²) >= 11 is 0. The molecule has 0 saturated carbocycles. The Balaban J connectivity index is 2.51. The molecular formula is C11H12O3. The molecule has 1 aliphatic heterocycles. The number of carbonyl (C=O) groups is 1. The molecule has 0 N–H and O–H groups in total. The summed E-state index contributed by atoms with van der Waals surface area (Å²) in [6.45, 7) is 4.33. The minimum atomic E-state index is 0.0708. The highest BCUT2D eigenvalue weighted by atomic mass is 16.7. The highest BCUT2D eigenvalue weighted by Crippen LogP contribution is 2.29. The molecule has 3 heteroatoms. The van der Waals surface area contributed by atoms with Crippen LogP contribution in [0.25, 0.3) is 0 Å². The van der Waals surface area contributed by atoms with E-state index in [-0.39, 0.29) is 5.78 Å². The van der Waals surface area contributed by atoms with Gasteiger partial charge in [0.1, 0.15) is 5.75 Å². The summed E-state index contributed by atoms with van der Waals surface area (Å²) in [7, 11) is 0. The van der Waals surface area contributed by atoms with E-state index in [0.29, 0.717) is 13.4 Å². The van der Waals surface area contributed by atoms with Gasteiger partial charge in [-0.25, -0.2) is 0 Å². The number of carbonyl (C=O) groups excluding carboxylic acids is 1. The van der Waals surface area contributed by atoms with E-state index in [1.54, 1.807) is 6.92 Å². The number of ketones is 1. The summed E-state index contributed by atoms with van der Waals surface area (Å²) < 4.78 is 10.5. The molecule has 0 fully saturated rings. The predicted octanol–water partition coefficient (Wildman–Crippen LogP) is 2.06. The van der Waals surface area contributed by atoms with E-state index >= 15 is 0 Å². The van der Waals surface area contributed by atoms with Gasteiger partial charge in [0.25, 0.3) is 0 Å². The van der Waals surface area contributed by atoms with Gasteiger partial charge >= 0.3 is 0 Å². The summed E-state index contributed by atoms with van der Waals surface area (Å²) in [5.74, 6) is 0.933. The zero-order chi connectivity index (χ0) is 10.1. The lowest BCUT2D eigenvalue weighted by Crippen LogP contribution is -2.13. The van der Waals surface area contributed by atoms with Crippen molar-refractivity contribution in [1.82, 2.24) is 0 Å². The topological polar surface area (TPSA) is 35.5 Å². The Morgan fingerprint density at radius 2 is 2.21 bits per heavy atom. The largest absolute Gasteiger partial charge is 0.467 e. The van der Waals surface area contributed by atoms with Crippen molar-refractivity contribution in [3.8, 4) is 5.75 Å². The quantitative estimate of drug-likeness (QED) is 0.639. The van der Waals surface area contributed by atoms with Gasteiger partial charge in [-0.1, -0.05) is 0 Å². The summed E-state index contributed by atoms with van der Waals surface area (Å²) in [6, 6.07) is 3.69. The Labute approximate surface area is 82.6 Å². The molecule has 0 saturated heterocycles. The Morgan fingerprint density at radius 3 is 2.93 bits per heavy atom. The molecule has 0 spiro atoms. The van der Waals surface area contributed by atoms with E-state index in [9.17, 15) is 4.79 Å². The number of fused-ring (bicyclic) bond motifs is 1. The Hall–Kier alpha value is -1.35. The first-order valence-corrected chi connectivity index (χ1v) is 4.53. The molecule has 0 amide bonds. The lowest BCUT2D eigenvalue weighted by atomic mass is 10.0. The second-order valence-corrected chi connectivity index (χ2v) is 3.45. The maximum Gasteiger partial charge on any atom is 0.189 e. The zero-order valence-corrected chi connectivity index (χ0v) is 8.29. The molecule has 0 unspecified atom stereocenters. The molecule has 2 rings (SSSR count). The molecule has 1 aromatic carbocycles. The number of Topliss-reactive ketones (excluding diaryl/α,β-unsaturated/α-hetero) is 1. The van der Waals surface area contributed by atoms with E-state index in [2.05, 4.69) is 0 Å². The standard InChI is InChI=1S/C11H12O3/c1-7-3-9(8(2)12)4-10-5-13-6-14-11(7)10/h3-4H,5-6H2,1-2H3. The number of hydrogen-bond acceptors (Lipinski definition) is 3. The van der Waals surface area contributed by atoms with Crippen molar-refractivity contribution >= 4 is 5.78 Å². The van der Waals surface area contributed by atoms with Crippen LogP contribution in [0.15, 0.2) is 12.1 Å². The fraction of sp³-hybridized carbons (Fsp3) is 0.364. The maximum absolute atomic E-state index is 11.2. The van der Waals surface area contributed by atoms with Gasteiger partial charge < -0.3 is 9.47 Å². The minimum absolute atomic E-state index is 0.0708. The van der Waals surface area contributed by atoms with Crippen molar-refractivity contribution in [3.05, 3.63) is 28.8 Å². The molecule has 0 aromatic heterocycles. The van der Waals surface area contributed by atoms with Crippen LogP contribution < -0.4 is 4.74 Å². The van der Waals surface area contributed by atoms with Crippen LogP contribution in [0.1, 0.15) is 28.4 Å². The van der Waals surface area contributed by atoms with Crippen molar-refractivity contribution in [2.75, 3.05) is 6.79 Å². The predicted molar refractivity (Wildman–Crippen MR) is 51.5 cm³/mol. The average Bonchev–Trinajstić information content (AvgIpc) is 2.17. The second kappa shape index (κ2) is 3.42. The smallest absolute Gasteiger partial charge is 0.189 e. The fourth-order valence-electron chi connectivity index (χ4n) is 1.62. The zero-order valence-electron chi connectivity index (χ0n) is 8.29. The molecular weight excluding hydrogens is 180 g/mol. The summed E-state index contributed by atoms with van der Waals surface area (Å²) in [6.07, 6.45) is 0. The van der Waals surface area contributed by atoms with Crippen molar-refractivity contribution < 1.29 is 14.3 Å². The van der Waals surface area contributed by atoms with Crippen LogP contribution in [0.4, 0.5) is 0 Å². The third-order valence-corrected chi connectivity index (χ3v) is 2.30. The minimum Gasteiger partial charge on any atom is -0.467 e. The Bertz CT molecular complexity index is 382. The fourth-order valence-corrected chi connectivity index (χ4v) is 1.62. The summed E-state index contributed by atoms with van der Waals surface area (Å²) in [4.78, 5) is 11.2. The molecule has 14 heavy (non-hydrogen) atoms. The van der Waals surface area contributed by atoms with Crippen molar-refractivity contribution in [3.63, 3.8) is 0 Å². The van der Waals surface area contributed by atoms with Gasteiger partial charge in [0.05, 0.1) is 6.61 Å². The van der Waals surface area contributed by atoms with Gasteiger partial charge in [-0.3, -0.25) is 4.79 Å². The van der Waals surface area contributed by atoms with Crippen molar-refractivity contribution in [2.45, 2.75) is 20.5 Å². The molecule has 74 valence electrons. The van der Waals surface area contributed by atoms with Gasteiger partial charge in [0.2, 0.25) is 0 Å². The average molecular weight is 192 g/mol. The van der Waals surface area contributed by atoms with Crippen LogP contribution in [0.3, 0.4) is 0 Å². The van der Waals surface area contributed by atoms with Crippen LogP contribution >= 0.6 is 0 Å². The number of benzene rings is 1. The van der Waals surface area contributed by atoms with Crippen molar-refractivity contribution in [1.29, 1.82) is 0 Å². The summed E-state index contributed by atoms with van der Waals surface area (Å²) in [5.41, 5.74) is 2.67. The Morgan fingerprint density at radius 1 is 1.43 bits per heavy atom. The number of rotatable bonds is 1. The lowest BCUT2D eigenvalue weighted by molar-refractivity contribution is -0.0168. The van der Waals surface area contributed by atoms with Crippen LogP contribution in [0, 0.1) is 6.92 Å². The first-order valence-electron chi connectivity index (χ1n) is 4.53. The second-order valence-electron chi connectivity index (χ2n) is 3.45. The van der Waals surface area contributed by atoms with E-state index in [1.807, 2.05) is 19.1 Å². The van der Waals surface area contributed by atoms with Gasteiger partial charge in [0, 0.05) is 11.1 Å².